The molecule has 0 saturated carbocycles. The molecular weight excluding hydrogens is 180 g/mol. The summed E-state index contributed by atoms with van der Waals surface area (Å²) in [5.41, 5.74) is 3.61. The zero-order valence-electron chi connectivity index (χ0n) is 9.80. The zero-order chi connectivity index (χ0) is 11.4. The van der Waals surface area contributed by atoms with E-state index in [0.717, 1.165) is 5.56 Å². The van der Waals surface area contributed by atoms with Crippen molar-refractivity contribution < 1.29 is 0 Å². The van der Waals surface area contributed by atoms with Crippen LogP contribution in [0.2, 0.25) is 0 Å². The zero-order valence-corrected chi connectivity index (χ0v) is 9.80. The number of hydrogen-bond acceptors (Lipinski definition) is 0. The van der Waals surface area contributed by atoms with Crippen molar-refractivity contribution in [3.05, 3.63) is 46.4 Å². The van der Waals surface area contributed by atoms with Crippen molar-refractivity contribution in [3.63, 3.8) is 0 Å². The van der Waals surface area contributed by atoms with Crippen molar-refractivity contribution >= 4 is 24.3 Å². The highest BCUT2D eigenvalue weighted by molar-refractivity contribution is 5.67. The summed E-state index contributed by atoms with van der Waals surface area (Å²) in [5, 5.41) is 2.55. The Morgan fingerprint density at radius 2 is 1.73 bits per heavy atom. The summed E-state index contributed by atoms with van der Waals surface area (Å²) in [6.07, 6.45) is 8.06. The van der Waals surface area contributed by atoms with E-state index in [0.29, 0.717) is 0 Å². The highest BCUT2D eigenvalue weighted by Gasteiger charge is 2.01. The van der Waals surface area contributed by atoms with E-state index in [1.807, 2.05) is 12.2 Å². The van der Waals surface area contributed by atoms with Crippen LogP contribution in [0.5, 0.6) is 0 Å². The maximum Gasteiger partial charge on any atom is -0.0155 e. The monoisotopic (exact) mass is 198 g/mol. The summed E-state index contributed by atoms with van der Waals surface area (Å²) in [5.74, 6) is 0. The molecule has 0 fully saturated rings. The predicted octanol–water partition coefficient (Wildman–Crippen LogP) is 2.88. The van der Waals surface area contributed by atoms with Crippen LogP contribution in [0.25, 0.3) is 24.3 Å². The van der Waals surface area contributed by atoms with Crippen molar-refractivity contribution in [3.8, 4) is 0 Å². The molecule has 0 atom stereocenters. The quantitative estimate of drug-likeness (QED) is 0.685. The van der Waals surface area contributed by atoms with Gasteiger partial charge in [-0.1, -0.05) is 37.5 Å². The van der Waals surface area contributed by atoms with Gasteiger partial charge < -0.3 is 0 Å². The van der Waals surface area contributed by atoms with E-state index >= 15 is 0 Å². The molecule has 0 heteroatoms. The molecule has 0 saturated heterocycles. The molecule has 1 aromatic rings. The maximum atomic E-state index is 3.86. The summed E-state index contributed by atoms with van der Waals surface area (Å²) in [6.45, 7) is 14.0. The van der Waals surface area contributed by atoms with Gasteiger partial charge in [-0.2, -0.15) is 0 Å². The second kappa shape index (κ2) is 4.79. The van der Waals surface area contributed by atoms with Gasteiger partial charge in [-0.05, 0) is 54.0 Å². The molecular formula is C15H18. The molecule has 78 valence electrons. The van der Waals surface area contributed by atoms with Crippen LogP contribution in [-0.2, 0) is 0 Å². The molecule has 0 heterocycles. The van der Waals surface area contributed by atoms with Crippen molar-refractivity contribution in [2.75, 3.05) is 0 Å². The third kappa shape index (κ3) is 1.94. The second-order valence-electron chi connectivity index (χ2n) is 3.49. The lowest BCUT2D eigenvalue weighted by molar-refractivity contribution is 1.33. The van der Waals surface area contributed by atoms with Gasteiger partial charge in [0.25, 0.3) is 0 Å². The van der Waals surface area contributed by atoms with E-state index < -0.39 is 0 Å². The van der Waals surface area contributed by atoms with E-state index in [-0.39, 0.29) is 0 Å². The first-order chi connectivity index (χ1) is 7.19. The van der Waals surface area contributed by atoms with Gasteiger partial charge in [0.05, 0.1) is 0 Å². The lowest BCUT2D eigenvalue weighted by atomic mass is 9.97. The van der Waals surface area contributed by atoms with Crippen molar-refractivity contribution in [2.24, 2.45) is 0 Å². The smallest absolute Gasteiger partial charge is 0.0155 e. The normalized spacial score (nSPS) is 13.0. The van der Waals surface area contributed by atoms with Crippen molar-refractivity contribution in [2.45, 2.75) is 20.8 Å². The Bertz CT molecular complexity index is 502. The number of rotatable bonds is 2. The lowest BCUT2D eigenvalue weighted by Crippen LogP contribution is -2.28. The fourth-order valence-corrected chi connectivity index (χ4v) is 1.96. The summed E-state index contributed by atoms with van der Waals surface area (Å²) in [4.78, 5) is 0. The predicted molar refractivity (Wildman–Crippen MR) is 70.9 cm³/mol. The molecule has 0 aromatic heterocycles. The Morgan fingerprint density at radius 1 is 1.07 bits per heavy atom. The summed E-state index contributed by atoms with van der Waals surface area (Å²) in [6, 6.07) is 2.16. The summed E-state index contributed by atoms with van der Waals surface area (Å²) < 4.78 is 0. The largest absolute Gasteiger partial charge is 0.0984 e. The topological polar surface area (TPSA) is 0 Å². The van der Waals surface area contributed by atoms with E-state index in [9.17, 15) is 0 Å². The first-order valence-electron chi connectivity index (χ1n) is 5.20. The maximum absolute atomic E-state index is 3.86. The van der Waals surface area contributed by atoms with Crippen LogP contribution in [0.1, 0.15) is 30.5 Å². The van der Waals surface area contributed by atoms with Crippen LogP contribution in [0.3, 0.4) is 0 Å². The Balaban J connectivity index is 3.89. The van der Waals surface area contributed by atoms with Crippen LogP contribution >= 0.6 is 0 Å². The van der Waals surface area contributed by atoms with Crippen LogP contribution in [-0.4, -0.2) is 0 Å². The third-order valence-corrected chi connectivity index (χ3v) is 2.76. The minimum Gasteiger partial charge on any atom is -0.0984 e. The SMILES string of the molecule is C=Cc1cc(=C/C)/c(=C\C)c(C)c1C=C. The highest BCUT2D eigenvalue weighted by atomic mass is 14.1. The molecule has 1 aromatic carbocycles. The third-order valence-electron chi connectivity index (χ3n) is 2.76. The Hall–Kier alpha value is -1.56. The molecule has 0 nitrogen and oxygen atoms in total. The molecule has 0 unspecified atom stereocenters. The molecule has 0 aliphatic rings. The highest BCUT2D eigenvalue weighted by Crippen LogP contribution is 2.11. The van der Waals surface area contributed by atoms with E-state index in [1.54, 1.807) is 0 Å². The van der Waals surface area contributed by atoms with Gasteiger partial charge in [-0.15, -0.1) is 0 Å². The fourth-order valence-electron chi connectivity index (χ4n) is 1.96. The summed E-state index contributed by atoms with van der Waals surface area (Å²) in [7, 11) is 0. The van der Waals surface area contributed by atoms with Crippen molar-refractivity contribution in [1.29, 1.82) is 0 Å². The minimum absolute atomic E-state index is 1.15. The first-order valence-corrected chi connectivity index (χ1v) is 5.20. The van der Waals surface area contributed by atoms with Gasteiger partial charge in [0.2, 0.25) is 0 Å². The van der Waals surface area contributed by atoms with Crippen LogP contribution in [0.4, 0.5) is 0 Å². The molecule has 0 aliphatic heterocycles. The number of hydrogen-bond donors (Lipinski definition) is 0. The van der Waals surface area contributed by atoms with E-state index in [4.69, 9.17) is 0 Å². The molecule has 0 bridgehead atoms. The summed E-state index contributed by atoms with van der Waals surface area (Å²) >= 11 is 0. The van der Waals surface area contributed by atoms with Crippen LogP contribution in [0, 0.1) is 6.92 Å². The average molecular weight is 198 g/mol. The standard InChI is InChI=1S/C15H18/c1-6-12-10-13(7-2)15(9-4)11(5)14(12)8-3/h6-10H,1,3H2,2,4-5H3/b13-7-,15-9-. The molecule has 1 rings (SSSR count). The van der Waals surface area contributed by atoms with Gasteiger partial charge in [0.15, 0.2) is 0 Å². The number of benzene rings is 1. The second-order valence-corrected chi connectivity index (χ2v) is 3.49. The van der Waals surface area contributed by atoms with Gasteiger partial charge in [0, 0.05) is 0 Å². The van der Waals surface area contributed by atoms with Gasteiger partial charge in [0.1, 0.15) is 0 Å². The van der Waals surface area contributed by atoms with Crippen LogP contribution < -0.4 is 10.4 Å². The first kappa shape index (κ1) is 11.5. The average Bonchev–Trinajstić information content (AvgIpc) is 2.27. The van der Waals surface area contributed by atoms with E-state index in [1.165, 1.54) is 21.6 Å². The molecule has 0 N–H and O–H groups in total. The molecule has 0 amide bonds. The molecule has 0 spiro atoms. The fraction of sp³-hybridized carbons (Fsp3) is 0.200. The Kier molecular flexibility index (Phi) is 3.68. The molecule has 0 radical (unpaired) electrons. The minimum atomic E-state index is 1.15. The van der Waals surface area contributed by atoms with Gasteiger partial charge >= 0.3 is 0 Å². The van der Waals surface area contributed by atoms with E-state index in [2.05, 4.69) is 52.1 Å². The Labute approximate surface area is 92.0 Å². The van der Waals surface area contributed by atoms with Gasteiger partial charge in [-0.25, -0.2) is 0 Å². The van der Waals surface area contributed by atoms with Crippen molar-refractivity contribution in [1.82, 2.24) is 0 Å². The molecule has 0 aliphatic carbocycles. The van der Waals surface area contributed by atoms with Gasteiger partial charge in [-0.3, -0.25) is 0 Å². The van der Waals surface area contributed by atoms with Crippen LogP contribution in [0.15, 0.2) is 19.2 Å². The molecule has 15 heavy (non-hydrogen) atoms. The Morgan fingerprint density at radius 3 is 2.13 bits per heavy atom. The lowest BCUT2D eigenvalue weighted by Gasteiger charge is -2.07.